The lowest BCUT2D eigenvalue weighted by atomic mass is 9.97. The first-order chi connectivity index (χ1) is 7.72. The summed E-state index contributed by atoms with van der Waals surface area (Å²) in [6.07, 6.45) is 6.36. The average Bonchev–Trinajstić information content (AvgIpc) is 2.30. The molecule has 4 heteroatoms. The molecule has 0 aliphatic carbocycles. The summed E-state index contributed by atoms with van der Waals surface area (Å²) in [6.45, 7) is 6.84. The third kappa shape index (κ3) is 3.14. The van der Waals surface area contributed by atoms with Crippen LogP contribution in [0.3, 0.4) is 0 Å². The lowest BCUT2D eigenvalue weighted by molar-refractivity contribution is 0.195. The maximum Gasteiger partial charge on any atom is 0.171 e. The monoisotopic (exact) mass is 241 g/mol. The van der Waals surface area contributed by atoms with E-state index >= 15 is 0 Å². The SMILES string of the molecule is CCC1(C)CCSC(NN2CCCCC2)=N1. The molecule has 92 valence electrons. The largest absolute Gasteiger partial charge is 0.298 e. The number of piperidine rings is 1. The van der Waals surface area contributed by atoms with Crippen molar-refractivity contribution < 1.29 is 0 Å². The molecule has 0 amide bonds. The Hall–Kier alpha value is -0.220. The van der Waals surface area contributed by atoms with Crippen LogP contribution in [0.25, 0.3) is 0 Å². The molecule has 2 heterocycles. The molecule has 2 aliphatic heterocycles. The predicted molar refractivity (Wildman–Crippen MR) is 71.8 cm³/mol. The van der Waals surface area contributed by atoms with Gasteiger partial charge in [-0.2, -0.15) is 0 Å². The van der Waals surface area contributed by atoms with E-state index in [0.29, 0.717) is 0 Å². The summed E-state index contributed by atoms with van der Waals surface area (Å²) >= 11 is 1.87. The molecule has 0 aromatic carbocycles. The Labute approximate surface area is 103 Å². The van der Waals surface area contributed by atoms with Crippen LogP contribution < -0.4 is 5.43 Å². The molecule has 0 aromatic rings. The zero-order chi connectivity index (χ0) is 11.4. The van der Waals surface area contributed by atoms with E-state index in [4.69, 9.17) is 4.99 Å². The highest BCUT2D eigenvalue weighted by Gasteiger charge is 2.26. The highest BCUT2D eigenvalue weighted by atomic mass is 32.2. The smallest absolute Gasteiger partial charge is 0.171 e. The van der Waals surface area contributed by atoms with Gasteiger partial charge in [0.05, 0.1) is 5.54 Å². The third-order valence-corrected chi connectivity index (χ3v) is 4.49. The van der Waals surface area contributed by atoms with Gasteiger partial charge in [0.25, 0.3) is 0 Å². The minimum absolute atomic E-state index is 0.170. The van der Waals surface area contributed by atoms with E-state index in [1.165, 1.54) is 44.5 Å². The van der Waals surface area contributed by atoms with Crippen molar-refractivity contribution in [3.05, 3.63) is 0 Å². The van der Waals surface area contributed by atoms with Crippen LogP contribution in [0.5, 0.6) is 0 Å². The first-order valence-corrected chi connectivity index (χ1v) is 7.45. The second kappa shape index (κ2) is 5.41. The summed E-state index contributed by atoms with van der Waals surface area (Å²) < 4.78 is 0. The molecule has 0 aromatic heterocycles. The number of amidine groups is 1. The topological polar surface area (TPSA) is 27.6 Å². The number of nitrogens with one attached hydrogen (secondary N) is 1. The summed E-state index contributed by atoms with van der Waals surface area (Å²) in [5.41, 5.74) is 3.66. The van der Waals surface area contributed by atoms with Gasteiger partial charge in [0.1, 0.15) is 0 Å². The Morgan fingerprint density at radius 2 is 2.12 bits per heavy atom. The van der Waals surface area contributed by atoms with Gasteiger partial charge in [-0.25, -0.2) is 5.01 Å². The average molecular weight is 241 g/mol. The van der Waals surface area contributed by atoms with Crippen molar-refractivity contribution >= 4 is 16.9 Å². The fraction of sp³-hybridized carbons (Fsp3) is 0.917. The van der Waals surface area contributed by atoms with E-state index in [0.717, 1.165) is 11.6 Å². The van der Waals surface area contributed by atoms with Gasteiger partial charge < -0.3 is 0 Å². The van der Waals surface area contributed by atoms with Crippen LogP contribution >= 0.6 is 11.8 Å². The van der Waals surface area contributed by atoms with Gasteiger partial charge in [-0.3, -0.25) is 10.4 Å². The number of hydrogen-bond acceptors (Lipinski definition) is 4. The van der Waals surface area contributed by atoms with Gasteiger partial charge in [0.2, 0.25) is 0 Å². The highest BCUT2D eigenvalue weighted by molar-refractivity contribution is 8.13. The van der Waals surface area contributed by atoms with Crippen LogP contribution in [0, 0.1) is 0 Å². The second-order valence-corrected chi connectivity index (χ2v) is 6.11. The predicted octanol–water partition coefficient (Wildman–Crippen LogP) is 2.64. The number of nitrogens with zero attached hydrogens (tertiary/aromatic N) is 2. The first kappa shape index (κ1) is 12.2. The normalized spacial score (nSPS) is 32.2. The number of aliphatic imine (C=N–C) groups is 1. The molecular weight excluding hydrogens is 218 g/mol. The van der Waals surface area contributed by atoms with Gasteiger partial charge in [0.15, 0.2) is 5.17 Å². The molecule has 0 bridgehead atoms. The molecule has 1 unspecified atom stereocenters. The molecule has 1 N–H and O–H groups in total. The van der Waals surface area contributed by atoms with Crippen LogP contribution in [0.4, 0.5) is 0 Å². The Morgan fingerprint density at radius 3 is 2.81 bits per heavy atom. The summed E-state index contributed by atoms with van der Waals surface area (Å²) in [7, 11) is 0. The van der Waals surface area contributed by atoms with Crippen LogP contribution in [0.2, 0.25) is 0 Å². The molecule has 1 saturated heterocycles. The molecule has 0 radical (unpaired) electrons. The maximum atomic E-state index is 4.85. The van der Waals surface area contributed by atoms with E-state index in [1.807, 2.05) is 11.8 Å². The zero-order valence-electron chi connectivity index (χ0n) is 10.5. The van der Waals surface area contributed by atoms with Crippen molar-refractivity contribution in [1.82, 2.24) is 10.4 Å². The van der Waals surface area contributed by atoms with Gasteiger partial charge in [-0.15, -0.1) is 0 Å². The van der Waals surface area contributed by atoms with Gasteiger partial charge in [-0.1, -0.05) is 25.1 Å². The minimum Gasteiger partial charge on any atom is -0.298 e. The maximum absolute atomic E-state index is 4.85. The molecule has 1 fully saturated rings. The molecular formula is C12H23N3S. The van der Waals surface area contributed by atoms with E-state index < -0.39 is 0 Å². The number of rotatable bonds is 2. The van der Waals surface area contributed by atoms with Gasteiger partial charge >= 0.3 is 0 Å². The molecule has 2 rings (SSSR count). The molecule has 16 heavy (non-hydrogen) atoms. The van der Waals surface area contributed by atoms with Crippen molar-refractivity contribution in [2.75, 3.05) is 18.8 Å². The number of hydrazine groups is 1. The van der Waals surface area contributed by atoms with E-state index in [1.54, 1.807) is 0 Å². The van der Waals surface area contributed by atoms with Crippen molar-refractivity contribution in [2.24, 2.45) is 4.99 Å². The molecule has 2 aliphatic rings. The van der Waals surface area contributed by atoms with Crippen molar-refractivity contribution in [3.63, 3.8) is 0 Å². The van der Waals surface area contributed by atoms with Crippen molar-refractivity contribution in [2.45, 2.75) is 51.5 Å². The Morgan fingerprint density at radius 1 is 1.38 bits per heavy atom. The molecule has 3 nitrogen and oxygen atoms in total. The summed E-state index contributed by atoms with van der Waals surface area (Å²) in [4.78, 5) is 4.85. The number of hydrogen-bond donors (Lipinski definition) is 1. The van der Waals surface area contributed by atoms with E-state index in [9.17, 15) is 0 Å². The van der Waals surface area contributed by atoms with Crippen LogP contribution in [0.1, 0.15) is 46.0 Å². The Balaban J connectivity index is 1.92. The fourth-order valence-electron chi connectivity index (χ4n) is 2.15. The summed E-state index contributed by atoms with van der Waals surface area (Å²) in [5, 5.41) is 3.47. The van der Waals surface area contributed by atoms with Crippen molar-refractivity contribution in [1.29, 1.82) is 0 Å². The van der Waals surface area contributed by atoms with E-state index in [-0.39, 0.29) is 5.54 Å². The quantitative estimate of drug-likeness (QED) is 0.805. The molecule has 1 atom stereocenters. The Kier molecular flexibility index (Phi) is 4.14. The van der Waals surface area contributed by atoms with Gasteiger partial charge in [-0.05, 0) is 32.6 Å². The molecule has 0 spiro atoms. The zero-order valence-corrected chi connectivity index (χ0v) is 11.3. The third-order valence-electron chi connectivity index (χ3n) is 3.62. The lowest BCUT2D eigenvalue weighted by Crippen LogP contribution is -2.46. The lowest BCUT2D eigenvalue weighted by Gasteiger charge is -2.33. The first-order valence-electron chi connectivity index (χ1n) is 6.46. The standard InChI is InChI=1S/C12H23N3S/c1-3-12(2)7-10-16-11(13-12)14-15-8-5-4-6-9-15/h3-10H2,1-2H3,(H,13,14). The summed E-state index contributed by atoms with van der Waals surface area (Å²) in [5.74, 6) is 1.20. The Bertz CT molecular complexity index is 261. The van der Waals surface area contributed by atoms with Crippen LogP contribution in [-0.4, -0.2) is 34.6 Å². The van der Waals surface area contributed by atoms with Crippen LogP contribution in [-0.2, 0) is 0 Å². The highest BCUT2D eigenvalue weighted by Crippen LogP contribution is 2.28. The second-order valence-electron chi connectivity index (χ2n) is 5.03. The minimum atomic E-state index is 0.170. The number of thioether (sulfide) groups is 1. The molecule has 0 saturated carbocycles. The van der Waals surface area contributed by atoms with E-state index in [2.05, 4.69) is 24.3 Å². The fourth-order valence-corrected chi connectivity index (χ4v) is 3.37. The van der Waals surface area contributed by atoms with Gasteiger partial charge in [0, 0.05) is 18.8 Å². The summed E-state index contributed by atoms with van der Waals surface area (Å²) in [6, 6.07) is 0. The van der Waals surface area contributed by atoms with Crippen LogP contribution in [0.15, 0.2) is 4.99 Å². The van der Waals surface area contributed by atoms with Crippen molar-refractivity contribution in [3.8, 4) is 0 Å².